The average Bonchev–Trinajstić information content (AvgIpc) is 2.66. The molecule has 1 aromatic heterocycles. The summed E-state index contributed by atoms with van der Waals surface area (Å²) in [5, 5.41) is 5.51. The highest BCUT2D eigenvalue weighted by Crippen LogP contribution is 2.33. The minimum atomic E-state index is -4.77. The molecule has 2 N–H and O–H groups in total. The number of aromatic nitrogens is 1. The number of amides is 1. The van der Waals surface area contributed by atoms with Crippen molar-refractivity contribution in [2.24, 2.45) is 0 Å². The summed E-state index contributed by atoms with van der Waals surface area (Å²) >= 11 is 5.86. The summed E-state index contributed by atoms with van der Waals surface area (Å²) in [6, 6.07) is 12.4. The van der Waals surface area contributed by atoms with E-state index in [4.69, 9.17) is 11.6 Å². The number of nitrogens with zero attached hydrogens (tertiary/aromatic N) is 1. The Morgan fingerprint density at radius 1 is 1.07 bits per heavy atom. The lowest BCUT2D eigenvalue weighted by Crippen LogP contribution is -2.26. The quantitative estimate of drug-likeness (QED) is 0.528. The van der Waals surface area contributed by atoms with E-state index in [2.05, 4.69) is 15.6 Å². The Morgan fingerprint density at radius 2 is 1.79 bits per heavy atom. The number of benzene rings is 2. The molecule has 1 heterocycles. The van der Waals surface area contributed by atoms with Crippen molar-refractivity contribution in [3.63, 3.8) is 0 Å². The van der Waals surface area contributed by atoms with Crippen LogP contribution in [0.1, 0.15) is 21.5 Å². The minimum absolute atomic E-state index is 0.0566. The first kappa shape index (κ1) is 20.6. The molecule has 0 saturated heterocycles. The van der Waals surface area contributed by atoms with E-state index >= 15 is 0 Å². The summed E-state index contributed by atoms with van der Waals surface area (Å²) in [5.74, 6) is -1.48. The van der Waals surface area contributed by atoms with Crippen molar-refractivity contribution >= 4 is 29.0 Å². The molecule has 0 fully saturated rings. The van der Waals surface area contributed by atoms with Gasteiger partial charge in [0.1, 0.15) is 11.6 Å². The molecule has 3 rings (SSSR count). The number of hydrogen-bond acceptors (Lipinski definition) is 3. The Kier molecular flexibility index (Phi) is 6.03. The first-order valence-electron chi connectivity index (χ1n) is 8.35. The van der Waals surface area contributed by atoms with Crippen LogP contribution in [0.15, 0.2) is 60.8 Å². The lowest BCUT2D eigenvalue weighted by atomic mass is 10.1. The molecule has 0 aliphatic heterocycles. The fourth-order valence-corrected chi connectivity index (χ4v) is 2.72. The number of halogens is 5. The van der Waals surface area contributed by atoms with E-state index in [-0.39, 0.29) is 12.4 Å². The summed E-state index contributed by atoms with van der Waals surface area (Å²) in [6.45, 7) is -0.0566. The van der Waals surface area contributed by atoms with Crippen LogP contribution in [0, 0.1) is 5.82 Å². The molecule has 2 aromatic carbocycles. The minimum Gasteiger partial charge on any atom is -0.348 e. The van der Waals surface area contributed by atoms with Crippen molar-refractivity contribution in [3.05, 3.63) is 88.3 Å². The van der Waals surface area contributed by atoms with Gasteiger partial charge in [-0.2, -0.15) is 13.2 Å². The summed E-state index contributed by atoms with van der Waals surface area (Å²) in [6.07, 6.45) is -3.91. The van der Waals surface area contributed by atoms with Gasteiger partial charge in [-0.15, -0.1) is 0 Å². The zero-order chi connectivity index (χ0) is 21.0. The van der Waals surface area contributed by atoms with Crippen LogP contribution >= 0.6 is 11.6 Å². The zero-order valence-electron chi connectivity index (χ0n) is 14.7. The van der Waals surface area contributed by atoms with Gasteiger partial charge in [-0.25, -0.2) is 9.37 Å². The predicted octanol–water partition coefficient (Wildman–Crippen LogP) is 5.57. The van der Waals surface area contributed by atoms with Crippen LogP contribution in [0.3, 0.4) is 0 Å². The third-order valence-electron chi connectivity index (χ3n) is 3.92. The highest BCUT2D eigenvalue weighted by molar-refractivity contribution is 6.30. The average molecular weight is 424 g/mol. The molecule has 0 aliphatic carbocycles. The lowest BCUT2D eigenvalue weighted by molar-refractivity contribution is -0.137. The fourth-order valence-electron chi connectivity index (χ4n) is 2.53. The maximum atomic E-state index is 13.5. The number of carbonyl (C=O) groups excluding carboxylic acids is 1. The van der Waals surface area contributed by atoms with Gasteiger partial charge in [0.2, 0.25) is 0 Å². The Labute approximate surface area is 168 Å². The largest absolute Gasteiger partial charge is 0.417 e. The highest BCUT2D eigenvalue weighted by atomic mass is 35.5. The van der Waals surface area contributed by atoms with Gasteiger partial charge in [0.05, 0.1) is 11.1 Å². The Balaban J connectivity index is 1.81. The van der Waals surface area contributed by atoms with E-state index < -0.39 is 29.0 Å². The van der Waals surface area contributed by atoms with Gasteiger partial charge in [0, 0.05) is 23.5 Å². The molecule has 150 valence electrons. The van der Waals surface area contributed by atoms with E-state index in [1.54, 1.807) is 18.2 Å². The van der Waals surface area contributed by atoms with Gasteiger partial charge >= 0.3 is 6.18 Å². The Hall–Kier alpha value is -3.13. The summed E-state index contributed by atoms with van der Waals surface area (Å²) in [5.41, 5.74) is -0.753. The van der Waals surface area contributed by atoms with Crippen LogP contribution in [-0.4, -0.2) is 10.9 Å². The third kappa shape index (κ3) is 5.45. The standard InChI is InChI=1S/C20H14ClF4N3O/c21-13-2-1-3-15(8-13)28-18-9-17(20(23,24)25)16(11-26-18)19(29)27-10-12-4-6-14(22)7-5-12/h1-9,11H,10H2,(H,26,28)(H,27,29). The van der Waals surface area contributed by atoms with Gasteiger partial charge in [-0.05, 0) is 42.0 Å². The van der Waals surface area contributed by atoms with Crippen molar-refractivity contribution in [1.29, 1.82) is 0 Å². The van der Waals surface area contributed by atoms with Crippen molar-refractivity contribution in [2.45, 2.75) is 12.7 Å². The van der Waals surface area contributed by atoms with Gasteiger partial charge in [0.25, 0.3) is 5.91 Å². The summed E-state index contributed by atoms with van der Waals surface area (Å²) in [4.78, 5) is 16.2. The molecule has 29 heavy (non-hydrogen) atoms. The molecule has 0 aliphatic rings. The second-order valence-corrected chi connectivity index (χ2v) is 6.49. The molecule has 0 atom stereocenters. The summed E-state index contributed by atoms with van der Waals surface area (Å²) < 4.78 is 53.4. The topological polar surface area (TPSA) is 54.0 Å². The SMILES string of the molecule is O=C(NCc1ccc(F)cc1)c1cnc(Nc2cccc(Cl)c2)cc1C(F)(F)F. The van der Waals surface area contributed by atoms with Crippen LogP contribution < -0.4 is 10.6 Å². The van der Waals surface area contributed by atoms with E-state index in [0.717, 1.165) is 12.3 Å². The fraction of sp³-hybridized carbons (Fsp3) is 0.100. The van der Waals surface area contributed by atoms with Crippen LogP contribution in [-0.2, 0) is 12.7 Å². The number of carbonyl (C=O) groups is 1. The van der Waals surface area contributed by atoms with Crippen molar-refractivity contribution in [1.82, 2.24) is 10.3 Å². The number of rotatable bonds is 5. The van der Waals surface area contributed by atoms with E-state index in [0.29, 0.717) is 16.3 Å². The van der Waals surface area contributed by atoms with Crippen molar-refractivity contribution in [3.8, 4) is 0 Å². The third-order valence-corrected chi connectivity index (χ3v) is 4.15. The number of nitrogens with one attached hydrogen (secondary N) is 2. The zero-order valence-corrected chi connectivity index (χ0v) is 15.5. The predicted molar refractivity (Wildman–Crippen MR) is 102 cm³/mol. The van der Waals surface area contributed by atoms with Crippen LogP contribution in [0.4, 0.5) is 29.1 Å². The number of pyridine rings is 1. The monoisotopic (exact) mass is 423 g/mol. The summed E-state index contributed by atoms with van der Waals surface area (Å²) in [7, 11) is 0. The second kappa shape index (κ2) is 8.48. The molecule has 0 saturated carbocycles. The molecule has 0 bridgehead atoms. The van der Waals surface area contributed by atoms with Gasteiger partial charge in [-0.3, -0.25) is 4.79 Å². The van der Waals surface area contributed by atoms with E-state index in [1.807, 2.05) is 0 Å². The molecule has 1 amide bonds. The molecule has 0 unspecified atom stereocenters. The first-order valence-corrected chi connectivity index (χ1v) is 8.72. The number of anilines is 2. The Morgan fingerprint density at radius 3 is 2.45 bits per heavy atom. The van der Waals surface area contributed by atoms with Gasteiger partial charge < -0.3 is 10.6 Å². The van der Waals surface area contributed by atoms with Crippen molar-refractivity contribution in [2.75, 3.05) is 5.32 Å². The maximum absolute atomic E-state index is 13.5. The molecule has 0 radical (unpaired) electrons. The van der Waals surface area contributed by atoms with E-state index in [1.165, 1.54) is 30.3 Å². The smallest absolute Gasteiger partial charge is 0.348 e. The highest BCUT2D eigenvalue weighted by Gasteiger charge is 2.36. The lowest BCUT2D eigenvalue weighted by Gasteiger charge is -2.15. The van der Waals surface area contributed by atoms with Crippen LogP contribution in [0.5, 0.6) is 0 Å². The normalized spacial score (nSPS) is 11.2. The molecule has 9 heteroatoms. The van der Waals surface area contributed by atoms with Crippen LogP contribution in [0.2, 0.25) is 5.02 Å². The molecular formula is C20H14ClF4N3O. The first-order chi connectivity index (χ1) is 13.7. The number of hydrogen-bond donors (Lipinski definition) is 2. The molecule has 0 spiro atoms. The number of alkyl halides is 3. The van der Waals surface area contributed by atoms with E-state index in [9.17, 15) is 22.4 Å². The molecule has 4 nitrogen and oxygen atoms in total. The maximum Gasteiger partial charge on any atom is 0.417 e. The molecule has 3 aromatic rings. The van der Waals surface area contributed by atoms with Crippen LogP contribution in [0.25, 0.3) is 0 Å². The Bertz CT molecular complexity index is 1020. The van der Waals surface area contributed by atoms with Gasteiger partial charge in [-0.1, -0.05) is 29.8 Å². The second-order valence-electron chi connectivity index (χ2n) is 6.06. The van der Waals surface area contributed by atoms with Gasteiger partial charge in [0.15, 0.2) is 0 Å². The molecular weight excluding hydrogens is 410 g/mol. The van der Waals surface area contributed by atoms with Crippen molar-refractivity contribution < 1.29 is 22.4 Å².